The van der Waals surface area contributed by atoms with Crippen LogP contribution in [0.4, 0.5) is 5.69 Å². The third-order valence-corrected chi connectivity index (χ3v) is 9.23. The molecule has 1 heterocycles. The standard InChI is InChI=1S/C28H41N3O3/c1-20(28-17-21-14-22(18-28)16-23(15-21)19-28)29-26(32)8-5-9-27(33)31-12-10-30(11-13-31)24-6-3-4-7-25(24)34-2/h3-4,6-7,20-23H,5,8-19H2,1-2H3,(H,29,32)/t20-,21?,22?,23?,28?/m1/s1. The predicted molar refractivity (Wildman–Crippen MR) is 134 cm³/mol. The maximum atomic E-state index is 12.7. The molecule has 0 aromatic heterocycles. The summed E-state index contributed by atoms with van der Waals surface area (Å²) in [5, 5.41) is 3.34. The van der Waals surface area contributed by atoms with Crippen molar-refractivity contribution in [3.05, 3.63) is 24.3 Å². The van der Waals surface area contributed by atoms with E-state index in [0.29, 0.717) is 37.8 Å². The van der Waals surface area contributed by atoms with Crippen LogP contribution in [-0.4, -0.2) is 56.0 Å². The topological polar surface area (TPSA) is 61.9 Å². The van der Waals surface area contributed by atoms with E-state index in [9.17, 15) is 9.59 Å². The minimum Gasteiger partial charge on any atom is -0.495 e. The normalized spacial score (nSPS) is 30.8. The van der Waals surface area contributed by atoms with Crippen LogP contribution >= 0.6 is 0 Å². The molecule has 1 N–H and O–H groups in total. The Morgan fingerprint density at radius 2 is 1.62 bits per heavy atom. The van der Waals surface area contributed by atoms with Crippen molar-refractivity contribution >= 4 is 17.5 Å². The zero-order valence-corrected chi connectivity index (χ0v) is 20.9. The molecule has 4 bridgehead atoms. The number of amides is 2. The van der Waals surface area contributed by atoms with Gasteiger partial charge in [-0.25, -0.2) is 0 Å². The Hall–Kier alpha value is -2.24. The van der Waals surface area contributed by atoms with E-state index in [4.69, 9.17) is 4.74 Å². The number of nitrogens with zero attached hydrogens (tertiary/aromatic N) is 2. The monoisotopic (exact) mass is 467 g/mol. The van der Waals surface area contributed by atoms with Gasteiger partial charge in [0.2, 0.25) is 11.8 Å². The Morgan fingerprint density at radius 3 is 2.24 bits per heavy atom. The van der Waals surface area contributed by atoms with Crippen molar-refractivity contribution in [3.8, 4) is 5.75 Å². The highest BCUT2D eigenvalue weighted by Gasteiger charge is 2.53. The highest BCUT2D eigenvalue weighted by Crippen LogP contribution is 2.61. The number of carbonyl (C=O) groups is 2. The van der Waals surface area contributed by atoms with Crippen molar-refractivity contribution in [1.82, 2.24) is 10.2 Å². The maximum absolute atomic E-state index is 12.7. The Labute approximate surface area is 204 Å². The molecule has 0 radical (unpaired) electrons. The molecule has 5 aliphatic rings. The Morgan fingerprint density at radius 1 is 1.00 bits per heavy atom. The van der Waals surface area contributed by atoms with E-state index in [1.807, 2.05) is 23.1 Å². The maximum Gasteiger partial charge on any atom is 0.222 e. The summed E-state index contributed by atoms with van der Waals surface area (Å²) in [5.74, 6) is 3.85. The molecule has 4 saturated carbocycles. The lowest BCUT2D eigenvalue weighted by atomic mass is 9.48. The smallest absolute Gasteiger partial charge is 0.222 e. The molecule has 0 unspecified atom stereocenters. The van der Waals surface area contributed by atoms with Crippen molar-refractivity contribution in [2.45, 2.75) is 70.8 Å². The average molecular weight is 468 g/mol. The SMILES string of the molecule is COc1ccccc1N1CCN(C(=O)CCCC(=O)N[C@H](C)C23CC4CC(CC(C4)C2)C3)CC1. The molecule has 0 spiro atoms. The van der Waals surface area contributed by atoms with Gasteiger partial charge in [-0.15, -0.1) is 0 Å². The van der Waals surface area contributed by atoms with Crippen LogP contribution in [-0.2, 0) is 9.59 Å². The number of hydrogen-bond acceptors (Lipinski definition) is 4. The van der Waals surface area contributed by atoms with E-state index in [1.54, 1.807) is 7.11 Å². The highest BCUT2D eigenvalue weighted by molar-refractivity contribution is 5.79. The molecule has 186 valence electrons. The molecule has 4 aliphatic carbocycles. The fraction of sp³-hybridized carbons (Fsp3) is 0.714. The molecule has 1 atom stereocenters. The lowest BCUT2D eigenvalue weighted by Gasteiger charge is -2.59. The van der Waals surface area contributed by atoms with Gasteiger partial charge in [-0.05, 0) is 87.2 Å². The number of ether oxygens (including phenoxy) is 1. The quantitative estimate of drug-likeness (QED) is 0.621. The van der Waals surface area contributed by atoms with Gasteiger partial charge < -0.3 is 19.9 Å². The molecule has 5 fully saturated rings. The van der Waals surface area contributed by atoms with Crippen molar-refractivity contribution in [2.75, 3.05) is 38.2 Å². The van der Waals surface area contributed by atoms with Gasteiger partial charge in [0, 0.05) is 45.1 Å². The summed E-state index contributed by atoms with van der Waals surface area (Å²) in [5.41, 5.74) is 1.42. The molecule has 2 amide bonds. The van der Waals surface area contributed by atoms with E-state index in [0.717, 1.165) is 42.3 Å². The number of rotatable bonds is 8. The van der Waals surface area contributed by atoms with E-state index >= 15 is 0 Å². The zero-order valence-electron chi connectivity index (χ0n) is 20.9. The first-order valence-electron chi connectivity index (χ1n) is 13.4. The van der Waals surface area contributed by atoms with Crippen molar-refractivity contribution in [2.24, 2.45) is 23.2 Å². The Bertz CT molecular complexity index is 857. The lowest BCUT2D eigenvalue weighted by Crippen LogP contribution is -2.55. The Balaban J connectivity index is 1.04. The van der Waals surface area contributed by atoms with Crippen LogP contribution in [0.25, 0.3) is 0 Å². The summed E-state index contributed by atoms with van der Waals surface area (Å²) in [6.07, 6.45) is 9.72. The molecule has 1 aromatic rings. The first-order valence-corrected chi connectivity index (χ1v) is 13.4. The zero-order chi connectivity index (χ0) is 23.7. The summed E-state index contributed by atoms with van der Waals surface area (Å²) in [6, 6.07) is 8.29. The van der Waals surface area contributed by atoms with E-state index < -0.39 is 0 Å². The van der Waals surface area contributed by atoms with Gasteiger partial charge >= 0.3 is 0 Å². The molecule has 6 heteroatoms. The fourth-order valence-electron chi connectivity index (χ4n) is 7.82. The summed E-state index contributed by atoms with van der Waals surface area (Å²) >= 11 is 0. The number of hydrogen-bond donors (Lipinski definition) is 1. The number of piperazine rings is 1. The number of benzene rings is 1. The minimum absolute atomic E-state index is 0.122. The van der Waals surface area contributed by atoms with Crippen LogP contribution in [0.5, 0.6) is 5.75 Å². The first-order chi connectivity index (χ1) is 16.5. The summed E-state index contributed by atoms with van der Waals surface area (Å²) in [7, 11) is 1.69. The van der Waals surface area contributed by atoms with E-state index in [-0.39, 0.29) is 17.9 Å². The molecule has 1 aromatic carbocycles. The molecule has 34 heavy (non-hydrogen) atoms. The average Bonchev–Trinajstić information content (AvgIpc) is 2.83. The van der Waals surface area contributed by atoms with Crippen molar-refractivity contribution in [1.29, 1.82) is 0 Å². The van der Waals surface area contributed by atoms with Crippen LogP contribution in [0.1, 0.15) is 64.7 Å². The molecule has 1 saturated heterocycles. The van der Waals surface area contributed by atoms with Gasteiger partial charge in [0.15, 0.2) is 0 Å². The molecule has 6 nitrogen and oxygen atoms in total. The molecule has 1 aliphatic heterocycles. The molecule has 6 rings (SSSR count). The van der Waals surface area contributed by atoms with Gasteiger partial charge in [0.05, 0.1) is 12.8 Å². The third kappa shape index (κ3) is 4.78. The second-order valence-corrected chi connectivity index (χ2v) is 11.5. The highest BCUT2D eigenvalue weighted by atomic mass is 16.5. The van der Waals surface area contributed by atoms with Gasteiger partial charge in [-0.3, -0.25) is 9.59 Å². The number of anilines is 1. The lowest BCUT2D eigenvalue weighted by molar-refractivity contribution is -0.131. The van der Waals surface area contributed by atoms with Crippen molar-refractivity contribution < 1.29 is 14.3 Å². The second-order valence-electron chi connectivity index (χ2n) is 11.5. The second kappa shape index (κ2) is 9.79. The minimum atomic E-state index is 0.122. The molecular weight excluding hydrogens is 426 g/mol. The summed E-state index contributed by atoms with van der Waals surface area (Å²) in [6.45, 7) is 5.26. The van der Waals surface area contributed by atoms with Gasteiger partial charge in [0.25, 0.3) is 0 Å². The third-order valence-electron chi connectivity index (χ3n) is 9.23. The summed E-state index contributed by atoms with van der Waals surface area (Å²) < 4.78 is 5.48. The molecular formula is C28H41N3O3. The first kappa shape index (κ1) is 23.5. The van der Waals surface area contributed by atoms with Crippen LogP contribution in [0.15, 0.2) is 24.3 Å². The van der Waals surface area contributed by atoms with Crippen LogP contribution in [0, 0.1) is 23.2 Å². The summed E-state index contributed by atoms with van der Waals surface area (Å²) in [4.78, 5) is 29.7. The van der Waals surface area contributed by atoms with Gasteiger partial charge in [-0.2, -0.15) is 0 Å². The number of para-hydroxylation sites is 2. The van der Waals surface area contributed by atoms with Crippen LogP contribution in [0.2, 0.25) is 0 Å². The van der Waals surface area contributed by atoms with E-state index in [1.165, 1.54) is 38.5 Å². The Kier molecular flexibility index (Phi) is 6.76. The van der Waals surface area contributed by atoms with E-state index in [2.05, 4.69) is 23.2 Å². The van der Waals surface area contributed by atoms with Gasteiger partial charge in [0.1, 0.15) is 5.75 Å². The van der Waals surface area contributed by atoms with Crippen molar-refractivity contribution in [3.63, 3.8) is 0 Å². The fourth-order valence-corrected chi connectivity index (χ4v) is 7.82. The van der Waals surface area contributed by atoms with Gasteiger partial charge in [-0.1, -0.05) is 12.1 Å². The predicted octanol–water partition coefficient (Wildman–Crippen LogP) is 4.24. The number of carbonyl (C=O) groups excluding carboxylic acids is 2. The van der Waals surface area contributed by atoms with Crippen LogP contribution < -0.4 is 15.0 Å². The number of methoxy groups -OCH3 is 1. The van der Waals surface area contributed by atoms with Crippen LogP contribution in [0.3, 0.4) is 0 Å². The largest absolute Gasteiger partial charge is 0.495 e. The number of nitrogens with one attached hydrogen (secondary N) is 1.